The molecule has 106 valence electrons. The third kappa shape index (κ3) is 3.37. The number of nitrogens with zero attached hydrogens (tertiary/aromatic N) is 1. The van der Waals surface area contributed by atoms with Crippen molar-refractivity contribution in [3.05, 3.63) is 47.5 Å². The van der Waals surface area contributed by atoms with E-state index in [1.165, 1.54) is 6.92 Å². The fourth-order valence-corrected chi connectivity index (χ4v) is 1.65. The van der Waals surface area contributed by atoms with Gasteiger partial charge >= 0.3 is 12.1 Å². The molecule has 20 heavy (non-hydrogen) atoms. The predicted octanol–water partition coefficient (Wildman–Crippen LogP) is 3.07. The van der Waals surface area contributed by atoms with Crippen LogP contribution >= 0.6 is 0 Å². The highest BCUT2D eigenvalue weighted by molar-refractivity contribution is 5.94. The van der Waals surface area contributed by atoms with E-state index in [1.807, 2.05) is 6.07 Å². The third-order valence-electron chi connectivity index (χ3n) is 2.50. The van der Waals surface area contributed by atoms with Gasteiger partial charge in [-0.05, 0) is 5.56 Å². The van der Waals surface area contributed by atoms with Crippen molar-refractivity contribution in [3.8, 4) is 0 Å². The summed E-state index contributed by atoms with van der Waals surface area (Å²) in [6, 6.07) is 9.04. The Morgan fingerprint density at radius 3 is 2.55 bits per heavy atom. The molecule has 4 nitrogen and oxygen atoms in total. The number of carbonyl (C=O) groups is 1. The van der Waals surface area contributed by atoms with Crippen LogP contribution in [0.1, 0.15) is 17.1 Å². The summed E-state index contributed by atoms with van der Waals surface area (Å²) in [7, 11) is 0. The molecule has 0 aliphatic rings. The lowest BCUT2D eigenvalue weighted by Crippen LogP contribution is -2.30. The Balaban J connectivity index is 2.20. The maximum atomic E-state index is 12.2. The van der Waals surface area contributed by atoms with Gasteiger partial charge in [-0.1, -0.05) is 30.3 Å². The summed E-state index contributed by atoms with van der Waals surface area (Å²) in [6.45, 7) is 1.50. The molecule has 2 aromatic rings. The van der Waals surface area contributed by atoms with E-state index in [0.29, 0.717) is 0 Å². The summed E-state index contributed by atoms with van der Waals surface area (Å²) < 4.78 is 41.7. The van der Waals surface area contributed by atoms with Crippen LogP contribution in [0.5, 0.6) is 0 Å². The van der Waals surface area contributed by atoms with Gasteiger partial charge < -0.3 is 4.42 Å². The van der Waals surface area contributed by atoms with Gasteiger partial charge in [-0.2, -0.15) is 13.2 Å². The summed E-state index contributed by atoms with van der Waals surface area (Å²) in [5, 5.41) is 1.70. The number of benzene rings is 1. The molecule has 1 amide bonds. The number of hydrogen-bond acceptors (Lipinski definition) is 3. The SMILES string of the molecule is Cc1nc(Cc2ccccc2)c(NC(=O)C(F)(F)F)o1. The molecule has 0 spiro atoms. The Hall–Kier alpha value is -2.31. The van der Waals surface area contributed by atoms with Crippen molar-refractivity contribution in [1.29, 1.82) is 0 Å². The number of carbonyl (C=O) groups excluding carboxylic acids is 1. The highest BCUT2D eigenvalue weighted by Crippen LogP contribution is 2.23. The summed E-state index contributed by atoms with van der Waals surface area (Å²) in [4.78, 5) is 14.9. The van der Waals surface area contributed by atoms with Crippen LogP contribution in [0.3, 0.4) is 0 Å². The molecule has 0 atom stereocenters. The van der Waals surface area contributed by atoms with E-state index >= 15 is 0 Å². The van der Waals surface area contributed by atoms with E-state index < -0.39 is 12.1 Å². The van der Waals surface area contributed by atoms with Crippen LogP contribution < -0.4 is 5.32 Å². The van der Waals surface area contributed by atoms with Crippen molar-refractivity contribution in [1.82, 2.24) is 4.98 Å². The Kier molecular flexibility index (Phi) is 3.78. The van der Waals surface area contributed by atoms with Crippen molar-refractivity contribution in [3.63, 3.8) is 0 Å². The number of anilines is 1. The van der Waals surface area contributed by atoms with E-state index in [4.69, 9.17) is 4.42 Å². The molecule has 1 aromatic heterocycles. The molecule has 0 aliphatic heterocycles. The molecule has 0 aliphatic carbocycles. The van der Waals surface area contributed by atoms with Crippen LogP contribution in [-0.4, -0.2) is 17.1 Å². The first-order valence-corrected chi connectivity index (χ1v) is 5.74. The minimum absolute atomic E-state index is 0.188. The van der Waals surface area contributed by atoms with E-state index in [9.17, 15) is 18.0 Å². The Morgan fingerprint density at radius 1 is 1.30 bits per heavy atom. The van der Waals surface area contributed by atoms with Crippen molar-refractivity contribution < 1.29 is 22.4 Å². The van der Waals surface area contributed by atoms with E-state index in [2.05, 4.69) is 4.98 Å². The average Bonchev–Trinajstić information content (AvgIpc) is 2.69. The molecule has 7 heteroatoms. The number of rotatable bonds is 3. The molecule has 0 bridgehead atoms. The molecule has 1 heterocycles. The topological polar surface area (TPSA) is 55.1 Å². The minimum Gasteiger partial charge on any atom is -0.425 e. The standard InChI is InChI=1S/C13H11F3N2O2/c1-8-17-10(7-9-5-3-2-4-6-9)11(20-8)18-12(19)13(14,15)16/h2-6H,7H2,1H3,(H,18,19). The average molecular weight is 284 g/mol. The predicted molar refractivity (Wildman–Crippen MR) is 65.2 cm³/mol. The van der Waals surface area contributed by atoms with Gasteiger partial charge in [0.1, 0.15) is 5.69 Å². The molecular formula is C13H11F3N2O2. The maximum Gasteiger partial charge on any atom is 0.471 e. The Morgan fingerprint density at radius 2 is 1.95 bits per heavy atom. The fourth-order valence-electron chi connectivity index (χ4n) is 1.65. The second-order valence-corrected chi connectivity index (χ2v) is 4.12. The van der Waals surface area contributed by atoms with E-state index in [0.717, 1.165) is 5.56 Å². The lowest BCUT2D eigenvalue weighted by atomic mass is 10.1. The normalized spacial score (nSPS) is 11.4. The van der Waals surface area contributed by atoms with Crippen LogP contribution in [-0.2, 0) is 11.2 Å². The van der Waals surface area contributed by atoms with Gasteiger partial charge in [-0.3, -0.25) is 10.1 Å². The monoisotopic (exact) mass is 284 g/mol. The molecule has 2 rings (SSSR count). The second-order valence-electron chi connectivity index (χ2n) is 4.12. The summed E-state index contributed by atoms with van der Waals surface area (Å²) in [6.07, 6.45) is -4.70. The smallest absolute Gasteiger partial charge is 0.425 e. The first-order chi connectivity index (χ1) is 9.36. The van der Waals surface area contributed by atoms with Gasteiger partial charge in [-0.25, -0.2) is 4.98 Å². The van der Waals surface area contributed by atoms with Gasteiger partial charge in [0.2, 0.25) is 5.88 Å². The number of aromatic nitrogens is 1. The second kappa shape index (κ2) is 5.36. The number of alkyl halides is 3. The number of hydrogen-bond donors (Lipinski definition) is 1. The third-order valence-corrected chi connectivity index (χ3v) is 2.50. The van der Waals surface area contributed by atoms with Crippen LogP contribution in [0.25, 0.3) is 0 Å². The minimum atomic E-state index is -4.97. The van der Waals surface area contributed by atoms with Crippen LogP contribution in [0.4, 0.5) is 19.1 Å². The van der Waals surface area contributed by atoms with E-state index in [-0.39, 0.29) is 23.9 Å². The molecular weight excluding hydrogens is 273 g/mol. The van der Waals surface area contributed by atoms with E-state index in [1.54, 1.807) is 29.6 Å². The van der Waals surface area contributed by atoms with Crippen LogP contribution in [0.15, 0.2) is 34.7 Å². The van der Waals surface area contributed by atoms with Crippen molar-refractivity contribution in [2.75, 3.05) is 5.32 Å². The lowest BCUT2D eigenvalue weighted by molar-refractivity contribution is -0.167. The zero-order valence-corrected chi connectivity index (χ0v) is 10.5. The number of aryl methyl sites for hydroxylation is 1. The number of oxazole rings is 1. The Labute approximate surface area is 112 Å². The van der Waals surface area contributed by atoms with Gasteiger partial charge in [0.25, 0.3) is 0 Å². The van der Waals surface area contributed by atoms with Crippen molar-refractivity contribution >= 4 is 11.8 Å². The number of amides is 1. The molecule has 1 aromatic carbocycles. The zero-order valence-electron chi connectivity index (χ0n) is 10.5. The largest absolute Gasteiger partial charge is 0.471 e. The van der Waals surface area contributed by atoms with Gasteiger partial charge in [0.05, 0.1) is 0 Å². The molecule has 1 N–H and O–H groups in total. The summed E-state index contributed by atoms with van der Waals surface area (Å²) in [5.74, 6) is -2.16. The summed E-state index contributed by atoms with van der Waals surface area (Å²) >= 11 is 0. The highest BCUT2D eigenvalue weighted by Gasteiger charge is 2.39. The lowest BCUT2D eigenvalue weighted by Gasteiger charge is -2.06. The first kappa shape index (κ1) is 14.1. The van der Waals surface area contributed by atoms with Gasteiger partial charge in [0.15, 0.2) is 5.89 Å². The van der Waals surface area contributed by atoms with Crippen molar-refractivity contribution in [2.24, 2.45) is 0 Å². The molecule has 0 radical (unpaired) electrons. The number of halogens is 3. The zero-order chi connectivity index (χ0) is 14.8. The molecule has 0 unspecified atom stereocenters. The highest BCUT2D eigenvalue weighted by atomic mass is 19.4. The van der Waals surface area contributed by atoms with Crippen LogP contribution in [0, 0.1) is 6.92 Å². The van der Waals surface area contributed by atoms with Gasteiger partial charge in [-0.15, -0.1) is 0 Å². The first-order valence-electron chi connectivity index (χ1n) is 5.74. The van der Waals surface area contributed by atoms with Crippen LogP contribution in [0.2, 0.25) is 0 Å². The fraction of sp³-hybridized carbons (Fsp3) is 0.231. The maximum absolute atomic E-state index is 12.2. The van der Waals surface area contributed by atoms with Crippen molar-refractivity contribution in [2.45, 2.75) is 19.5 Å². The number of nitrogens with one attached hydrogen (secondary N) is 1. The van der Waals surface area contributed by atoms with Gasteiger partial charge in [0, 0.05) is 13.3 Å². The quantitative estimate of drug-likeness (QED) is 0.942. The molecule has 0 saturated carbocycles. The Bertz CT molecular complexity index is 606. The molecule has 0 fully saturated rings. The summed E-state index contributed by atoms with van der Waals surface area (Å²) in [5.41, 5.74) is 1.11. The molecule has 0 saturated heterocycles.